The lowest BCUT2D eigenvalue weighted by Crippen LogP contribution is -2.32. The Kier molecular flexibility index (Phi) is 12.1. The molecular formula is C27H39ClN2O3. The summed E-state index contributed by atoms with van der Waals surface area (Å²) >= 11 is 0. The van der Waals surface area contributed by atoms with Gasteiger partial charge in [-0.3, -0.25) is 0 Å². The number of halogens is 1. The van der Waals surface area contributed by atoms with Crippen LogP contribution in [-0.2, 0) is 11.8 Å². The quantitative estimate of drug-likeness (QED) is 0.362. The van der Waals surface area contributed by atoms with Crippen LogP contribution in [0.15, 0.2) is 42.5 Å². The molecule has 33 heavy (non-hydrogen) atoms. The molecule has 0 fully saturated rings. The van der Waals surface area contributed by atoms with Gasteiger partial charge in [0.25, 0.3) is 0 Å². The van der Waals surface area contributed by atoms with Crippen molar-refractivity contribution in [3.63, 3.8) is 0 Å². The predicted octanol–water partition coefficient (Wildman–Crippen LogP) is 5.90. The van der Waals surface area contributed by atoms with Gasteiger partial charge in [0.2, 0.25) is 0 Å². The highest BCUT2D eigenvalue weighted by Crippen LogP contribution is 2.40. The fraction of sp³-hybridized carbons (Fsp3) is 0.519. The van der Waals surface area contributed by atoms with Gasteiger partial charge in [-0.1, -0.05) is 26.0 Å². The molecule has 0 aliphatic carbocycles. The van der Waals surface area contributed by atoms with Crippen LogP contribution in [0.3, 0.4) is 0 Å². The molecule has 0 amide bonds. The third-order valence-electron chi connectivity index (χ3n) is 6.15. The van der Waals surface area contributed by atoms with Crippen LogP contribution in [-0.4, -0.2) is 45.9 Å². The van der Waals surface area contributed by atoms with Crippen LogP contribution in [0, 0.1) is 17.2 Å². The number of nitrogens with zero attached hydrogens (tertiary/aromatic N) is 2. The van der Waals surface area contributed by atoms with E-state index in [1.807, 2.05) is 37.3 Å². The summed E-state index contributed by atoms with van der Waals surface area (Å²) in [4.78, 5) is 2.34. The number of ether oxygens (including phenoxy) is 3. The molecule has 0 spiro atoms. The lowest BCUT2D eigenvalue weighted by molar-refractivity contribution is 0.292. The fourth-order valence-corrected chi connectivity index (χ4v) is 4.10. The van der Waals surface area contributed by atoms with Crippen molar-refractivity contribution in [2.75, 3.05) is 41.0 Å². The van der Waals surface area contributed by atoms with E-state index >= 15 is 0 Å². The fourth-order valence-electron chi connectivity index (χ4n) is 4.10. The van der Waals surface area contributed by atoms with Crippen LogP contribution in [0.25, 0.3) is 0 Å². The van der Waals surface area contributed by atoms with Crippen molar-refractivity contribution >= 4 is 12.4 Å². The molecule has 0 aliphatic rings. The minimum Gasteiger partial charge on any atom is -0.497 e. The monoisotopic (exact) mass is 474 g/mol. The Balaban J connectivity index is 0.00000544. The average molecular weight is 475 g/mol. The lowest BCUT2D eigenvalue weighted by Gasteiger charge is -2.32. The number of hydrogen-bond acceptors (Lipinski definition) is 5. The molecule has 2 aromatic carbocycles. The Labute approximate surface area is 206 Å². The van der Waals surface area contributed by atoms with E-state index in [1.165, 1.54) is 5.56 Å². The summed E-state index contributed by atoms with van der Waals surface area (Å²) in [7, 11) is 5.42. The van der Waals surface area contributed by atoms with Crippen LogP contribution < -0.4 is 14.2 Å². The van der Waals surface area contributed by atoms with Crippen LogP contribution in [0.1, 0.15) is 44.7 Å². The zero-order chi connectivity index (χ0) is 23.6. The second-order valence-electron chi connectivity index (χ2n) is 8.58. The molecule has 0 aliphatic heterocycles. The molecule has 2 aromatic rings. The molecule has 6 heteroatoms. The SMILES string of the molecule is CCOc1cccc(CCN(C)CCCC(C#N)(c2cc(OC)cc(OC)c2)C(C)C)c1.Cl. The molecule has 0 saturated carbocycles. The first-order valence-corrected chi connectivity index (χ1v) is 11.4. The van der Waals surface area contributed by atoms with E-state index in [9.17, 15) is 5.26 Å². The summed E-state index contributed by atoms with van der Waals surface area (Å²) in [6.07, 6.45) is 2.68. The van der Waals surface area contributed by atoms with Gasteiger partial charge in [-0.05, 0) is 81.1 Å². The molecule has 0 saturated heterocycles. The minimum absolute atomic E-state index is 0. The van der Waals surface area contributed by atoms with Crippen molar-refractivity contribution < 1.29 is 14.2 Å². The number of methoxy groups -OCH3 is 2. The van der Waals surface area contributed by atoms with Gasteiger partial charge >= 0.3 is 0 Å². The van der Waals surface area contributed by atoms with Crippen molar-refractivity contribution in [1.29, 1.82) is 5.26 Å². The predicted molar refractivity (Wildman–Crippen MR) is 137 cm³/mol. The van der Waals surface area contributed by atoms with E-state index in [4.69, 9.17) is 14.2 Å². The first-order valence-electron chi connectivity index (χ1n) is 11.4. The topological polar surface area (TPSA) is 54.7 Å². The molecule has 1 atom stereocenters. The summed E-state index contributed by atoms with van der Waals surface area (Å²) in [6, 6.07) is 16.7. The van der Waals surface area contributed by atoms with E-state index in [-0.39, 0.29) is 18.3 Å². The van der Waals surface area contributed by atoms with E-state index in [2.05, 4.69) is 44.0 Å². The third kappa shape index (κ3) is 7.84. The Hall–Kier alpha value is -2.42. The maximum Gasteiger partial charge on any atom is 0.122 e. The van der Waals surface area contributed by atoms with Gasteiger partial charge in [-0.15, -0.1) is 12.4 Å². The van der Waals surface area contributed by atoms with Gasteiger partial charge in [0, 0.05) is 12.6 Å². The van der Waals surface area contributed by atoms with Crippen LogP contribution in [0.2, 0.25) is 0 Å². The average Bonchev–Trinajstić information content (AvgIpc) is 2.80. The molecule has 2 rings (SSSR count). The summed E-state index contributed by atoms with van der Waals surface area (Å²) < 4.78 is 16.5. The summed E-state index contributed by atoms with van der Waals surface area (Å²) in [5.74, 6) is 2.52. The zero-order valence-corrected chi connectivity index (χ0v) is 21.7. The van der Waals surface area contributed by atoms with Crippen molar-refractivity contribution in [3.05, 3.63) is 53.6 Å². The number of likely N-dealkylation sites (N-methyl/N-ethyl adjacent to an activating group) is 1. The van der Waals surface area contributed by atoms with Crippen LogP contribution in [0.5, 0.6) is 17.2 Å². The van der Waals surface area contributed by atoms with Gasteiger partial charge in [-0.25, -0.2) is 0 Å². The Morgan fingerprint density at radius 1 is 1.00 bits per heavy atom. The summed E-state index contributed by atoms with van der Waals surface area (Å²) in [5, 5.41) is 10.3. The van der Waals surface area contributed by atoms with Crippen molar-refractivity contribution in [2.24, 2.45) is 5.92 Å². The molecule has 0 radical (unpaired) electrons. The summed E-state index contributed by atoms with van der Waals surface area (Å²) in [5.41, 5.74) is 1.65. The Bertz CT molecular complexity index is 875. The number of hydrogen-bond donors (Lipinski definition) is 0. The van der Waals surface area contributed by atoms with Gasteiger partial charge in [0.15, 0.2) is 0 Å². The molecule has 0 aromatic heterocycles. The molecular weight excluding hydrogens is 436 g/mol. The van der Waals surface area contributed by atoms with Crippen LogP contribution in [0.4, 0.5) is 0 Å². The minimum atomic E-state index is -0.589. The zero-order valence-electron chi connectivity index (χ0n) is 20.9. The van der Waals surface area contributed by atoms with Crippen molar-refractivity contribution in [1.82, 2.24) is 4.90 Å². The largest absolute Gasteiger partial charge is 0.497 e. The second-order valence-corrected chi connectivity index (χ2v) is 8.58. The standard InChI is InChI=1S/C27H38N2O3.ClH/c1-7-32-24-11-8-10-22(16-24)12-15-29(4)14-9-13-27(20-28,21(2)3)23-17-25(30-5)19-26(18-23)31-6;/h8,10-11,16-19,21H,7,9,12-15H2,1-6H3;1H. The molecule has 0 heterocycles. The van der Waals surface area contributed by atoms with Crippen LogP contribution >= 0.6 is 12.4 Å². The summed E-state index contributed by atoms with van der Waals surface area (Å²) in [6.45, 7) is 8.81. The Morgan fingerprint density at radius 2 is 1.67 bits per heavy atom. The van der Waals surface area contributed by atoms with Gasteiger partial charge in [-0.2, -0.15) is 5.26 Å². The molecule has 1 unspecified atom stereocenters. The maximum absolute atomic E-state index is 10.3. The highest BCUT2D eigenvalue weighted by molar-refractivity contribution is 5.85. The molecule has 0 bridgehead atoms. The third-order valence-corrected chi connectivity index (χ3v) is 6.15. The number of benzene rings is 2. The normalized spacial score (nSPS) is 12.6. The van der Waals surface area contributed by atoms with Gasteiger partial charge in [0.1, 0.15) is 17.2 Å². The van der Waals surface area contributed by atoms with E-state index in [0.717, 1.165) is 43.7 Å². The molecule has 5 nitrogen and oxygen atoms in total. The van der Waals surface area contributed by atoms with E-state index < -0.39 is 5.41 Å². The molecule has 0 N–H and O–H groups in total. The highest BCUT2D eigenvalue weighted by Gasteiger charge is 2.36. The maximum atomic E-state index is 10.3. The van der Waals surface area contributed by atoms with Gasteiger partial charge in [0.05, 0.1) is 32.3 Å². The second kappa shape index (κ2) is 14.0. The smallest absolute Gasteiger partial charge is 0.122 e. The first-order chi connectivity index (χ1) is 15.4. The van der Waals surface area contributed by atoms with E-state index in [0.29, 0.717) is 18.1 Å². The molecule has 182 valence electrons. The number of rotatable bonds is 13. The van der Waals surface area contributed by atoms with E-state index in [1.54, 1.807) is 14.2 Å². The lowest BCUT2D eigenvalue weighted by atomic mass is 9.69. The van der Waals surface area contributed by atoms with Crippen molar-refractivity contribution in [3.8, 4) is 23.3 Å². The van der Waals surface area contributed by atoms with Crippen molar-refractivity contribution in [2.45, 2.75) is 45.4 Å². The number of nitriles is 1. The van der Waals surface area contributed by atoms with Gasteiger partial charge < -0.3 is 19.1 Å². The first kappa shape index (κ1) is 28.6. The Morgan fingerprint density at radius 3 is 2.21 bits per heavy atom. The highest BCUT2D eigenvalue weighted by atomic mass is 35.5.